The summed E-state index contributed by atoms with van der Waals surface area (Å²) < 4.78 is 43.6. The van der Waals surface area contributed by atoms with Gasteiger partial charge in [-0.2, -0.15) is 0 Å². The molecule has 0 spiro atoms. The monoisotopic (exact) mass is 600 g/mol. The number of benzene rings is 3. The number of amides is 1. The Morgan fingerprint density at radius 3 is 2.36 bits per heavy atom. The molecule has 5 N–H and O–H groups in total. The molecular formula is C29H32N2O10S. The fourth-order valence-corrected chi connectivity index (χ4v) is 5.10. The van der Waals surface area contributed by atoms with Gasteiger partial charge in [0.15, 0.2) is 0 Å². The zero-order valence-corrected chi connectivity index (χ0v) is 23.7. The molecule has 0 aromatic heterocycles. The second kappa shape index (κ2) is 13.3. The third kappa shape index (κ3) is 7.63. The summed E-state index contributed by atoms with van der Waals surface area (Å²) in [5.74, 6) is -1.18. The van der Waals surface area contributed by atoms with Crippen LogP contribution >= 0.6 is 0 Å². The number of carbonyl (C=O) groups is 2. The molecule has 1 amide bonds. The van der Waals surface area contributed by atoms with E-state index < -0.39 is 59.2 Å². The second-order valence-electron chi connectivity index (χ2n) is 9.75. The van der Waals surface area contributed by atoms with Gasteiger partial charge in [-0.1, -0.05) is 48.5 Å². The van der Waals surface area contributed by atoms with Crippen molar-refractivity contribution >= 4 is 27.6 Å². The molecule has 224 valence electrons. The van der Waals surface area contributed by atoms with Crippen molar-refractivity contribution in [3.05, 3.63) is 83.9 Å². The first-order valence-electron chi connectivity index (χ1n) is 13.0. The molecule has 42 heavy (non-hydrogen) atoms. The Balaban J connectivity index is 1.77. The molecule has 1 saturated heterocycles. The first-order chi connectivity index (χ1) is 20.0. The largest absolute Gasteiger partial charge is 0.462 e. The van der Waals surface area contributed by atoms with Crippen molar-refractivity contribution < 1.29 is 47.5 Å². The van der Waals surface area contributed by atoms with Crippen molar-refractivity contribution in [2.24, 2.45) is 0 Å². The molecule has 2 unspecified atom stereocenters. The number of hydrogen-bond donors (Lipinski definition) is 5. The van der Waals surface area contributed by atoms with Gasteiger partial charge in [-0.05, 0) is 35.4 Å². The van der Waals surface area contributed by atoms with Crippen molar-refractivity contribution in [3.8, 4) is 16.9 Å². The maximum atomic E-state index is 13.4. The Labute approximate surface area is 242 Å². The molecule has 3 aromatic carbocycles. The molecule has 0 bridgehead atoms. The fraction of sp³-hybridized carbons (Fsp3) is 0.310. The lowest BCUT2D eigenvalue weighted by molar-refractivity contribution is -0.244. The summed E-state index contributed by atoms with van der Waals surface area (Å²) in [6.07, 6.45) is -4.72. The zero-order chi connectivity index (χ0) is 30.4. The van der Waals surface area contributed by atoms with E-state index in [0.717, 1.165) is 11.8 Å². The number of esters is 1. The average Bonchev–Trinajstić information content (AvgIpc) is 2.95. The lowest BCUT2D eigenvalue weighted by Crippen LogP contribution is -2.65. The van der Waals surface area contributed by atoms with Crippen LogP contribution in [0.3, 0.4) is 0 Å². The molecule has 4 rings (SSSR count). The standard InChI is InChI=1S/C29H32N2O10S/c1-17(33)30-25-27(35)26(34)23(15-32)41-29(25)40-22-13-7-12-21(28(36)39-16-18-8-4-3-5-9-18)24(22)19-10-6-11-20(14-19)31-42(2,37)38/h3-14,23,25-27,29,31-32,34-35H,15-16H2,1-2H3,(H,30,33)/t23?,25?,26-,27+,29+/m0/s1. The van der Waals surface area contributed by atoms with E-state index in [0.29, 0.717) is 5.56 Å². The fourth-order valence-electron chi connectivity index (χ4n) is 4.55. The van der Waals surface area contributed by atoms with Gasteiger partial charge in [0, 0.05) is 18.2 Å². The second-order valence-corrected chi connectivity index (χ2v) is 11.5. The van der Waals surface area contributed by atoms with Gasteiger partial charge in [0.05, 0.1) is 18.4 Å². The molecule has 1 aliphatic rings. The molecule has 1 aliphatic heterocycles. The van der Waals surface area contributed by atoms with Gasteiger partial charge in [-0.25, -0.2) is 13.2 Å². The van der Waals surface area contributed by atoms with Gasteiger partial charge in [0.25, 0.3) is 0 Å². The molecule has 5 atom stereocenters. The van der Waals surface area contributed by atoms with E-state index in [4.69, 9.17) is 14.2 Å². The minimum Gasteiger partial charge on any atom is -0.462 e. The molecule has 13 heteroatoms. The smallest absolute Gasteiger partial charge is 0.339 e. The quantitative estimate of drug-likeness (QED) is 0.214. The molecule has 1 heterocycles. The van der Waals surface area contributed by atoms with E-state index in [1.54, 1.807) is 24.3 Å². The average molecular weight is 601 g/mol. The maximum Gasteiger partial charge on any atom is 0.339 e. The van der Waals surface area contributed by atoms with Gasteiger partial charge >= 0.3 is 5.97 Å². The maximum absolute atomic E-state index is 13.4. The molecule has 0 radical (unpaired) electrons. The van der Waals surface area contributed by atoms with E-state index in [-0.39, 0.29) is 29.2 Å². The molecule has 3 aromatic rings. The van der Waals surface area contributed by atoms with Crippen molar-refractivity contribution in [1.29, 1.82) is 0 Å². The van der Waals surface area contributed by atoms with Crippen molar-refractivity contribution in [2.45, 2.75) is 44.2 Å². The van der Waals surface area contributed by atoms with Crippen LogP contribution in [0.5, 0.6) is 5.75 Å². The highest BCUT2D eigenvalue weighted by atomic mass is 32.2. The summed E-state index contributed by atoms with van der Waals surface area (Å²) in [7, 11) is -3.62. The Morgan fingerprint density at radius 2 is 1.69 bits per heavy atom. The van der Waals surface area contributed by atoms with E-state index in [1.807, 2.05) is 18.2 Å². The summed E-state index contributed by atoms with van der Waals surface area (Å²) in [6.45, 7) is 0.546. The van der Waals surface area contributed by atoms with Crippen LogP contribution in [0.1, 0.15) is 22.8 Å². The van der Waals surface area contributed by atoms with Crippen LogP contribution in [0.2, 0.25) is 0 Å². The Kier molecular flexibility index (Phi) is 9.81. The molecule has 0 saturated carbocycles. The predicted octanol–water partition coefficient (Wildman–Crippen LogP) is 1.40. The Hall–Kier alpha value is -4.01. The van der Waals surface area contributed by atoms with Crippen LogP contribution in [-0.2, 0) is 30.9 Å². The van der Waals surface area contributed by atoms with Gasteiger partial charge in [-0.15, -0.1) is 0 Å². The summed E-state index contributed by atoms with van der Waals surface area (Å²) in [5.41, 5.74) is 1.63. The number of carbonyl (C=O) groups excluding carboxylic acids is 2. The highest BCUT2D eigenvalue weighted by Crippen LogP contribution is 2.37. The lowest BCUT2D eigenvalue weighted by Gasteiger charge is -2.42. The van der Waals surface area contributed by atoms with Crippen LogP contribution in [0.15, 0.2) is 72.8 Å². The van der Waals surface area contributed by atoms with E-state index in [9.17, 15) is 33.3 Å². The first kappa shape index (κ1) is 30.9. The molecular weight excluding hydrogens is 568 g/mol. The molecule has 0 aliphatic carbocycles. The van der Waals surface area contributed by atoms with E-state index in [1.165, 1.54) is 37.3 Å². The Bertz CT molecular complexity index is 1520. The van der Waals surface area contributed by atoms with Crippen molar-refractivity contribution in [3.63, 3.8) is 0 Å². The van der Waals surface area contributed by atoms with Gasteiger partial charge in [-0.3, -0.25) is 9.52 Å². The highest BCUT2D eigenvalue weighted by Gasteiger charge is 2.46. The molecule has 1 fully saturated rings. The van der Waals surface area contributed by atoms with Crippen molar-refractivity contribution in [1.82, 2.24) is 5.32 Å². The number of aliphatic hydroxyl groups excluding tert-OH is 3. The first-order valence-corrected chi connectivity index (χ1v) is 14.8. The Morgan fingerprint density at radius 1 is 0.976 bits per heavy atom. The summed E-state index contributed by atoms with van der Waals surface area (Å²) in [5, 5.41) is 33.3. The lowest BCUT2D eigenvalue weighted by atomic mass is 9.96. The molecule has 12 nitrogen and oxygen atoms in total. The van der Waals surface area contributed by atoms with Crippen LogP contribution < -0.4 is 14.8 Å². The third-order valence-electron chi connectivity index (χ3n) is 6.41. The topological polar surface area (TPSA) is 181 Å². The summed E-state index contributed by atoms with van der Waals surface area (Å²) in [6, 6.07) is 18.6. The van der Waals surface area contributed by atoms with E-state index >= 15 is 0 Å². The van der Waals surface area contributed by atoms with Crippen molar-refractivity contribution in [2.75, 3.05) is 17.6 Å². The SMILES string of the molecule is CC(=O)NC1[C@H](Oc2cccc(C(=O)OCc3ccccc3)c2-c2cccc(NS(C)(=O)=O)c2)OC(CO)[C@H](O)[C@@H]1O. The number of ether oxygens (including phenoxy) is 3. The number of nitrogens with one attached hydrogen (secondary N) is 2. The summed E-state index contributed by atoms with van der Waals surface area (Å²) >= 11 is 0. The van der Waals surface area contributed by atoms with Crippen LogP contribution in [-0.4, -0.2) is 79.1 Å². The predicted molar refractivity (Wildman–Crippen MR) is 152 cm³/mol. The normalized spacial score (nSPS) is 22.2. The van der Waals surface area contributed by atoms with Gasteiger partial charge in [0.1, 0.15) is 36.7 Å². The van der Waals surface area contributed by atoms with E-state index in [2.05, 4.69) is 10.0 Å². The van der Waals surface area contributed by atoms with Gasteiger partial charge in [0.2, 0.25) is 22.2 Å². The number of aliphatic hydroxyl groups is 3. The van der Waals surface area contributed by atoms with Crippen LogP contribution in [0.25, 0.3) is 11.1 Å². The number of hydrogen-bond acceptors (Lipinski definition) is 10. The minimum atomic E-state index is -3.62. The summed E-state index contributed by atoms with van der Waals surface area (Å²) in [4.78, 5) is 25.3. The minimum absolute atomic E-state index is 0.0154. The number of rotatable bonds is 10. The number of anilines is 1. The zero-order valence-electron chi connectivity index (χ0n) is 22.8. The highest BCUT2D eigenvalue weighted by molar-refractivity contribution is 7.92. The van der Waals surface area contributed by atoms with Gasteiger partial charge < -0.3 is 34.8 Å². The van der Waals surface area contributed by atoms with Crippen LogP contribution in [0.4, 0.5) is 5.69 Å². The van der Waals surface area contributed by atoms with Crippen LogP contribution in [0, 0.1) is 0 Å². The third-order valence-corrected chi connectivity index (χ3v) is 7.01. The number of sulfonamides is 1.